The van der Waals surface area contributed by atoms with Gasteiger partial charge in [-0.1, -0.05) is 11.3 Å². The first-order valence-corrected chi connectivity index (χ1v) is 10.6. The van der Waals surface area contributed by atoms with E-state index in [9.17, 15) is 4.79 Å². The van der Waals surface area contributed by atoms with Crippen molar-refractivity contribution in [3.05, 3.63) is 58.8 Å². The number of carbonyl (C=O) groups excluding carboxylic acids is 1. The van der Waals surface area contributed by atoms with E-state index in [4.69, 9.17) is 9.47 Å². The van der Waals surface area contributed by atoms with E-state index in [1.54, 1.807) is 22.9 Å². The van der Waals surface area contributed by atoms with Crippen molar-refractivity contribution in [3.63, 3.8) is 0 Å². The molecule has 4 aromatic rings. The summed E-state index contributed by atoms with van der Waals surface area (Å²) in [7, 11) is 3.06. The van der Waals surface area contributed by atoms with Crippen LogP contribution in [0.2, 0.25) is 0 Å². The Morgan fingerprint density at radius 3 is 2.38 bits per heavy atom. The Labute approximate surface area is 189 Å². The average Bonchev–Trinajstić information content (AvgIpc) is 3.41. The predicted molar refractivity (Wildman–Crippen MR) is 122 cm³/mol. The third-order valence-electron chi connectivity index (χ3n) is 5.10. The lowest BCUT2D eigenvalue weighted by molar-refractivity contribution is 0.102. The minimum Gasteiger partial charge on any atom is -0.497 e. The molecule has 9 nitrogen and oxygen atoms in total. The molecule has 2 aromatic carbocycles. The second-order valence-electron chi connectivity index (χ2n) is 7.18. The number of nitrogens with zero attached hydrogens (tertiary/aromatic N) is 5. The summed E-state index contributed by atoms with van der Waals surface area (Å²) >= 11 is 1.07. The van der Waals surface area contributed by atoms with Crippen LogP contribution in [-0.2, 0) is 0 Å². The number of methoxy groups -OCH3 is 2. The molecule has 10 heteroatoms. The van der Waals surface area contributed by atoms with Crippen LogP contribution in [0.3, 0.4) is 0 Å². The monoisotopic (exact) mass is 450 g/mol. The Hall–Kier alpha value is -3.79. The fourth-order valence-corrected chi connectivity index (χ4v) is 3.68. The molecule has 1 N–H and O–H groups in total. The molecule has 32 heavy (non-hydrogen) atoms. The minimum atomic E-state index is -0.347. The van der Waals surface area contributed by atoms with Crippen LogP contribution in [0.15, 0.2) is 36.4 Å². The number of anilines is 1. The lowest BCUT2D eigenvalue weighted by Gasteiger charge is -2.07. The van der Waals surface area contributed by atoms with Gasteiger partial charge in [-0.05, 0) is 56.2 Å². The molecular weight excluding hydrogens is 428 g/mol. The fourth-order valence-electron chi connectivity index (χ4n) is 3.12. The van der Waals surface area contributed by atoms with Gasteiger partial charge in [0.1, 0.15) is 11.5 Å². The Kier molecular flexibility index (Phi) is 5.87. The van der Waals surface area contributed by atoms with Crippen molar-refractivity contribution in [2.45, 2.75) is 20.8 Å². The smallest absolute Gasteiger partial charge is 0.257 e. The van der Waals surface area contributed by atoms with Gasteiger partial charge in [-0.3, -0.25) is 10.1 Å². The van der Waals surface area contributed by atoms with Crippen molar-refractivity contribution in [1.29, 1.82) is 0 Å². The van der Waals surface area contributed by atoms with Gasteiger partial charge in [0.15, 0.2) is 11.5 Å². The Balaban J connectivity index is 1.56. The number of amides is 1. The summed E-state index contributed by atoms with van der Waals surface area (Å²) in [5, 5.41) is 11.6. The molecule has 0 aliphatic heterocycles. The molecule has 1 amide bonds. The van der Waals surface area contributed by atoms with E-state index >= 15 is 0 Å². The Morgan fingerprint density at radius 1 is 1.00 bits per heavy atom. The second kappa shape index (κ2) is 8.75. The highest BCUT2D eigenvalue weighted by Crippen LogP contribution is 2.26. The van der Waals surface area contributed by atoms with E-state index in [0.29, 0.717) is 33.7 Å². The van der Waals surface area contributed by atoms with Crippen LogP contribution in [0, 0.1) is 20.8 Å². The first kappa shape index (κ1) is 21.4. The minimum absolute atomic E-state index is 0.347. The molecule has 0 fully saturated rings. The molecule has 0 saturated heterocycles. The van der Waals surface area contributed by atoms with Gasteiger partial charge in [0.05, 0.1) is 25.6 Å². The van der Waals surface area contributed by atoms with Crippen LogP contribution >= 0.6 is 11.5 Å². The quantitative estimate of drug-likeness (QED) is 0.474. The number of hydrogen-bond acceptors (Lipinski definition) is 8. The average molecular weight is 451 g/mol. The lowest BCUT2D eigenvalue weighted by Crippen LogP contribution is -2.12. The third kappa shape index (κ3) is 4.17. The van der Waals surface area contributed by atoms with Crippen molar-refractivity contribution < 1.29 is 14.3 Å². The largest absolute Gasteiger partial charge is 0.497 e. The SMILES string of the molecule is COc1cc(OC)cc(C(=O)Nc2nc(-c3nnn(-c4ccc(C)c(C)c4)c3C)ns2)c1. The Morgan fingerprint density at radius 2 is 1.72 bits per heavy atom. The molecule has 0 aliphatic rings. The number of ether oxygens (including phenoxy) is 2. The highest BCUT2D eigenvalue weighted by atomic mass is 32.1. The van der Waals surface area contributed by atoms with Gasteiger partial charge < -0.3 is 9.47 Å². The summed E-state index contributed by atoms with van der Waals surface area (Å²) in [5.41, 5.74) is 5.05. The van der Waals surface area contributed by atoms with Gasteiger partial charge in [-0.25, -0.2) is 4.68 Å². The van der Waals surface area contributed by atoms with Gasteiger partial charge >= 0.3 is 0 Å². The number of nitrogens with one attached hydrogen (secondary N) is 1. The van der Waals surface area contributed by atoms with Crippen LogP contribution in [0.5, 0.6) is 11.5 Å². The summed E-state index contributed by atoms with van der Waals surface area (Å²) in [4.78, 5) is 17.1. The normalized spacial score (nSPS) is 10.8. The van der Waals surface area contributed by atoms with E-state index < -0.39 is 0 Å². The van der Waals surface area contributed by atoms with Crippen molar-refractivity contribution in [2.75, 3.05) is 19.5 Å². The van der Waals surface area contributed by atoms with Crippen molar-refractivity contribution in [1.82, 2.24) is 24.4 Å². The van der Waals surface area contributed by atoms with Gasteiger partial charge in [-0.2, -0.15) is 9.36 Å². The van der Waals surface area contributed by atoms with Crippen molar-refractivity contribution in [3.8, 4) is 28.7 Å². The molecule has 0 saturated carbocycles. The number of rotatable bonds is 6. The maximum atomic E-state index is 12.7. The number of aryl methyl sites for hydroxylation is 2. The van der Waals surface area contributed by atoms with E-state index in [0.717, 1.165) is 22.9 Å². The number of hydrogen-bond donors (Lipinski definition) is 1. The predicted octanol–water partition coefficient (Wildman–Crippen LogP) is 3.98. The highest BCUT2D eigenvalue weighted by Gasteiger charge is 2.18. The van der Waals surface area contributed by atoms with E-state index in [2.05, 4.69) is 44.9 Å². The number of aromatic nitrogens is 5. The van der Waals surface area contributed by atoms with Crippen LogP contribution in [0.4, 0.5) is 5.13 Å². The van der Waals surface area contributed by atoms with Crippen LogP contribution < -0.4 is 14.8 Å². The van der Waals surface area contributed by atoms with Gasteiger partial charge in [0, 0.05) is 23.2 Å². The molecule has 0 bridgehead atoms. The lowest BCUT2D eigenvalue weighted by atomic mass is 10.1. The topological polar surface area (TPSA) is 104 Å². The van der Waals surface area contributed by atoms with Crippen molar-refractivity contribution in [2.24, 2.45) is 0 Å². The van der Waals surface area contributed by atoms with Gasteiger partial charge in [0.2, 0.25) is 5.13 Å². The molecular formula is C22H22N6O3S. The first-order chi connectivity index (χ1) is 15.4. The first-order valence-electron chi connectivity index (χ1n) is 9.78. The Bertz CT molecular complexity index is 1270. The zero-order chi connectivity index (χ0) is 22.8. The molecule has 164 valence electrons. The summed E-state index contributed by atoms with van der Waals surface area (Å²) in [6.07, 6.45) is 0. The molecule has 0 radical (unpaired) electrons. The number of benzene rings is 2. The summed E-state index contributed by atoms with van der Waals surface area (Å²) < 4.78 is 16.5. The molecule has 0 spiro atoms. The molecule has 4 rings (SSSR count). The highest BCUT2D eigenvalue weighted by molar-refractivity contribution is 7.10. The van der Waals surface area contributed by atoms with Crippen molar-refractivity contribution >= 4 is 22.6 Å². The molecule has 2 aromatic heterocycles. The zero-order valence-electron chi connectivity index (χ0n) is 18.3. The summed E-state index contributed by atoms with van der Waals surface area (Å²) in [6.45, 7) is 6.03. The molecule has 0 atom stereocenters. The summed E-state index contributed by atoms with van der Waals surface area (Å²) in [5.74, 6) is 1.10. The zero-order valence-corrected chi connectivity index (χ0v) is 19.1. The molecule has 0 unspecified atom stereocenters. The maximum absolute atomic E-state index is 12.7. The van der Waals surface area contributed by atoms with Crippen LogP contribution in [0.25, 0.3) is 17.2 Å². The van der Waals surface area contributed by atoms with E-state index in [-0.39, 0.29) is 5.91 Å². The maximum Gasteiger partial charge on any atom is 0.257 e. The van der Waals surface area contributed by atoms with Crippen LogP contribution in [-0.4, -0.2) is 44.5 Å². The van der Waals surface area contributed by atoms with Crippen LogP contribution in [0.1, 0.15) is 27.2 Å². The summed E-state index contributed by atoms with van der Waals surface area (Å²) in [6, 6.07) is 11.0. The standard InChI is InChI=1S/C22H22N6O3S/c1-12-6-7-16(8-13(12)2)28-14(3)19(25-27-28)20-23-22(32-26-20)24-21(29)15-9-17(30-4)11-18(10-15)31-5/h6-11H,1-5H3,(H,23,24,26,29). The van der Waals surface area contributed by atoms with E-state index in [1.165, 1.54) is 25.3 Å². The molecule has 2 heterocycles. The van der Waals surface area contributed by atoms with Gasteiger partial charge in [0.25, 0.3) is 5.91 Å². The second-order valence-corrected chi connectivity index (χ2v) is 7.93. The molecule has 0 aliphatic carbocycles. The van der Waals surface area contributed by atoms with Gasteiger partial charge in [-0.15, -0.1) is 5.10 Å². The fraction of sp³-hybridized carbons (Fsp3) is 0.227. The van der Waals surface area contributed by atoms with E-state index in [1.807, 2.05) is 19.1 Å². The number of carbonyl (C=O) groups is 1. The third-order valence-corrected chi connectivity index (χ3v) is 5.73.